The highest BCUT2D eigenvalue weighted by Gasteiger charge is 1.99. The fraction of sp³-hybridized carbons (Fsp3) is 0.417. The van der Waals surface area contributed by atoms with Crippen molar-refractivity contribution in [3.05, 3.63) is 40.7 Å². The molecule has 0 amide bonds. The molecule has 0 heterocycles. The van der Waals surface area contributed by atoms with Crippen molar-refractivity contribution < 1.29 is 4.74 Å². The largest absolute Gasteiger partial charge is 0.493 e. The quantitative estimate of drug-likeness (QED) is 0.524. The first-order valence-corrected chi connectivity index (χ1v) is 4.77. The molecule has 2 nitrogen and oxygen atoms in total. The Kier molecular flexibility index (Phi) is 4.00. The summed E-state index contributed by atoms with van der Waals surface area (Å²) >= 11 is 0. The maximum absolute atomic E-state index is 6.63. The lowest BCUT2D eigenvalue weighted by Crippen LogP contribution is -1.99. The Hall–Kier alpha value is -1.49. The van der Waals surface area contributed by atoms with Gasteiger partial charge in [0.05, 0.1) is 13.0 Å². The predicted octanol–water partition coefficient (Wildman–Crippen LogP) is 2.99. The second-order valence-corrected chi connectivity index (χ2v) is 3.35. The van der Waals surface area contributed by atoms with Crippen molar-refractivity contribution in [1.82, 2.24) is 0 Å². The molecular formula is C12H15NO. The molecule has 1 aromatic carbocycles. The van der Waals surface area contributed by atoms with Crippen molar-refractivity contribution in [2.45, 2.75) is 20.3 Å². The molecule has 0 aliphatic rings. The van der Waals surface area contributed by atoms with E-state index in [1.807, 2.05) is 19.1 Å². The van der Waals surface area contributed by atoms with Crippen molar-refractivity contribution in [2.24, 2.45) is 0 Å². The van der Waals surface area contributed by atoms with Crippen LogP contribution in [0, 0.1) is 20.4 Å². The highest BCUT2D eigenvalue weighted by atomic mass is 16.5. The smallest absolute Gasteiger partial charge is 0.217 e. The normalized spacial score (nSPS) is 9.50. The average molecular weight is 189 g/mol. The van der Waals surface area contributed by atoms with E-state index in [0.29, 0.717) is 13.2 Å². The molecule has 0 aliphatic heterocycles. The van der Waals surface area contributed by atoms with E-state index < -0.39 is 0 Å². The number of nitrogens with zero attached hydrogens (tertiary/aromatic N) is 1. The molecule has 14 heavy (non-hydrogen) atoms. The van der Waals surface area contributed by atoms with Crippen LogP contribution < -0.4 is 4.74 Å². The Bertz CT molecular complexity index is 339. The van der Waals surface area contributed by atoms with Gasteiger partial charge in [-0.3, -0.25) is 0 Å². The Morgan fingerprint density at radius 2 is 2.14 bits per heavy atom. The van der Waals surface area contributed by atoms with Crippen LogP contribution in [0.2, 0.25) is 0 Å². The fourth-order valence-corrected chi connectivity index (χ4v) is 1.29. The van der Waals surface area contributed by atoms with Gasteiger partial charge >= 0.3 is 0 Å². The third kappa shape index (κ3) is 3.10. The van der Waals surface area contributed by atoms with Crippen LogP contribution in [0.5, 0.6) is 5.75 Å². The monoisotopic (exact) mass is 189 g/mol. The molecule has 0 unspecified atom stereocenters. The summed E-state index contributed by atoms with van der Waals surface area (Å²) in [5.74, 6) is 0.931. The van der Waals surface area contributed by atoms with Gasteiger partial charge in [-0.2, -0.15) is 0 Å². The van der Waals surface area contributed by atoms with Crippen LogP contribution in [0.4, 0.5) is 0 Å². The van der Waals surface area contributed by atoms with Crippen molar-refractivity contribution >= 4 is 0 Å². The Morgan fingerprint density at radius 3 is 2.79 bits per heavy atom. The lowest BCUT2D eigenvalue weighted by atomic mass is 10.1. The van der Waals surface area contributed by atoms with E-state index in [-0.39, 0.29) is 0 Å². The van der Waals surface area contributed by atoms with Crippen LogP contribution in [0.3, 0.4) is 0 Å². The first-order valence-electron chi connectivity index (χ1n) is 4.77. The Balaban J connectivity index is 2.47. The molecule has 1 aromatic rings. The van der Waals surface area contributed by atoms with Crippen LogP contribution in [-0.2, 0) is 0 Å². The van der Waals surface area contributed by atoms with Crippen molar-refractivity contribution in [1.29, 1.82) is 0 Å². The lowest BCUT2D eigenvalue weighted by molar-refractivity contribution is 0.314. The van der Waals surface area contributed by atoms with E-state index in [1.54, 1.807) is 0 Å². The maximum atomic E-state index is 6.63. The summed E-state index contributed by atoms with van der Waals surface area (Å²) < 4.78 is 5.55. The molecule has 74 valence electrons. The summed E-state index contributed by atoms with van der Waals surface area (Å²) in [5.41, 5.74) is 2.41. The Morgan fingerprint density at radius 1 is 1.36 bits per heavy atom. The van der Waals surface area contributed by atoms with Crippen LogP contribution in [0.25, 0.3) is 4.85 Å². The minimum atomic E-state index is 0.547. The van der Waals surface area contributed by atoms with E-state index in [4.69, 9.17) is 11.3 Å². The van der Waals surface area contributed by atoms with Gasteiger partial charge in [-0.05, 0) is 25.5 Å². The third-order valence-corrected chi connectivity index (χ3v) is 2.00. The second-order valence-electron chi connectivity index (χ2n) is 3.35. The van der Waals surface area contributed by atoms with E-state index >= 15 is 0 Å². The molecule has 0 bridgehead atoms. The molecule has 0 atom stereocenters. The second kappa shape index (κ2) is 5.29. The van der Waals surface area contributed by atoms with E-state index in [0.717, 1.165) is 17.7 Å². The minimum absolute atomic E-state index is 0.547. The van der Waals surface area contributed by atoms with E-state index in [9.17, 15) is 0 Å². The predicted molar refractivity (Wildman–Crippen MR) is 57.5 cm³/mol. The molecule has 0 saturated heterocycles. The number of rotatable bonds is 4. The third-order valence-electron chi connectivity index (χ3n) is 2.00. The number of hydrogen-bond donors (Lipinski definition) is 0. The summed E-state index contributed by atoms with van der Waals surface area (Å²) in [6.07, 6.45) is 0.802. The molecule has 0 aromatic heterocycles. The molecule has 0 fully saturated rings. The van der Waals surface area contributed by atoms with E-state index in [2.05, 4.69) is 17.8 Å². The fourth-order valence-electron chi connectivity index (χ4n) is 1.29. The Labute approximate surface area is 85.3 Å². The van der Waals surface area contributed by atoms with Crippen LogP contribution in [0.1, 0.15) is 17.5 Å². The average Bonchev–Trinajstić information content (AvgIpc) is 2.15. The molecule has 0 spiro atoms. The standard InChI is InChI=1S/C12H15NO/c1-10-5-6-12(11(2)9-10)14-8-4-7-13-3/h5-6,9H,4,7-8H2,1-2H3. The molecule has 0 N–H and O–H groups in total. The SMILES string of the molecule is [C-]#[N+]CCCOc1ccc(C)cc1C. The van der Waals surface area contributed by atoms with Gasteiger partial charge in [-0.15, -0.1) is 0 Å². The number of ether oxygens (including phenoxy) is 1. The van der Waals surface area contributed by atoms with Gasteiger partial charge in [0, 0.05) is 0 Å². The highest BCUT2D eigenvalue weighted by molar-refractivity contribution is 5.35. The van der Waals surface area contributed by atoms with Gasteiger partial charge in [0.2, 0.25) is 6.54 Å². The topological polar surface area (TPSA) is 13.6 Å². The maximum Gasteiger partial charge on any atom is 0.217 e. The van der Waals surface area contributed by atoms with Gasteiger partial charge in [-0.1, -0.05) is 17.7 Å². The molecule has 0 saturated carbocycles. The summed E-state index contributed by atoms with van der Waals surface area (Å²) in [6.45, 7) is 11.9. The van der Waals surface area contributed by atoms with Crippen molar-refractivity contribution in [3.8, 4) is 5.75 Å². The summed E-state index contributed by atoms with van der Waals surface area (Å²) in [4.78, 5) is 3.27. The zero-order valence-electron chi connectivity index (χ0n) is 8.71. The van der Waals surface area contributed by atoms with Gasteiger partial charge in [-0.25, -0.2) is 6.57 Å². The summed E-state index contributed by atoms with van der Waals surface area (Å²) in [7, 11) is 0. The first-order chi connectivity index (χ1) is 6.74. The van der Waals surface area contributed by atoms with Crippen molar-refractivity contribution in [3.63, 3.8) is 0 Å². The molecule has 0 radical (unpaired) electrons. The number of hydrogen-bond acceptors (Lipinski definition) is 1. The molecular weight excluding hydrogens is 174 g/mol. The first kappa shape index (κ1) is 10.6. The minimum Gasteiger partial charge on any atom is -0.493 e. The molecule has 2 heteroatoms. The highest BCUT2D eigenvalue weighted by Crippen LogP contribution is 2.18. The number of benzene rings is 1. The zero-order chi connectivity index (χ0) is 10.4. The van der Waals surface area contributed by atoms with Gasteiger partial charge < -0.3 is 9.58 Å². The summed E-state index contributed by atoms with van der Waals surface area (Å²) in [6, 6.07) is 6.13. The van der Waals surface area contributed by atoms with Crippen LogP contribution >= 0.6 is 0 Å². The number of aryl methyl sites for hydroxylation is 2. The molecule has 1 rings (SSSR count). The van der Waals surface area contributed by atoms with Crippen LogP contribution in [0.15, 0.2) is 18.2 Å². The van der Waals surface area contributed by atoms with Gasteiger partial charge in [0.25, 0.3) is 0 Å². The zero-order valence-corrected chi connectivity index (χ0v) is 8.71. The van der Waals surface area contributed by atoms with Gasteiger partial charge in [0.15, 0.2) is 0 Å². The molecule has 0 aliphatic carbocycles. The lowest BCUT2D eigenvalue weighted by Gasteiger charge is -2.07. The van der Waals surface area contributed by atoms with Crippen LogP contribution in [-0.4, -0.2) is 13.2 Å². The van der Waals surface area contributed by atoms with E-state index in [1.165, 1.54) is 5.56 Å². The summed E-state index contributed by atoms with van der Waals surface area (Å²) in [5, 5.41) is 0. The van der Waals surface area contributed by atoms with Gasteiger partial charge in [0.1, 0.15) is 5.75 Å². The van der Waals surface area contributed by atoms with Crippen molar-refractivity contribution in [2.75, 3.05) is 13.2 Å².